The minimum absolute atomic E-state index is 0.00901. The number of rotatable bonds is 6. The van der Waals surface area contributed by atoms with Crippen molar-refractivity contribution in [1.29, 1.82) is 0 Å². The molecule has 1 unspecified atom stereocenters. The van der Waals surface area contributed by atoms with Gasteiger partial charge in [-0.3, -0.25) is 9.69 Å². The molecule has 0 aliphatic carbocycles. The van der Waals surface area contributed by atoms with E-state index in [1.807, 2.05) is 31.3 Å². The third kappa shape index (κ3) is 5.46. The zero-order valence-corrected chi connectivity index (χ0v) is 12.7. The quantitative estimate of drug-likeness (QED) is 0.832. The van der Waals surface area contributed by atoms with Crippen LogP contribution in [0.2, 0.25) is 0 Å². The molecule has 116 valence electrons. The van der Waals surface area contributed by atoms with Gasteiger partial charge in [-0.25, -0.2) is 0 Å². The Bertz CT molecular complexity index is 441. The fraction of sp³-hybridized carbons (Fsp3) is 0.562. The second-order valence-corrected chi connectivity index (χ2v) is 5.73. The molecule has 5 nitrogen and oxygen atoms in total. The van der Waals surface area contributed by atoms with Crippen molar-refractivity contribution in [2.75, 3.05) is 38.7 Å². The molecular weight excluding hydrogens is 266 g/mol. The average Bonchev–Trinajstić information content (AvgIpc) is 2.48. The first-order chi connectivity index (χ1) is 10.2. The van der Waals surface area contributed by atoms with Crippen molar-refractivity contribution < 1.29 is 9.53 Å². The van der Waals surface area contributed by atoms with E-state index in [1.54, 1.807) is 0 Å². The van der Waals surface area contributed by atoms with Gasteiger partial charge in [-0.15, -0.1) is 0 Å². The standard InChI is InChI=1S/C16H25N3O2/c1-19(10-14-3-2-8-21-12-14)11-16(20)18-15-6-4-13(9-17)5-7-15/h4-7,14H,2-3,8-12,17H2,1H3,(H,18,20). The van der Waals surface area contributed by atoms with Gasteiger partial charge >= 0.3 is 0 Å². The van der Waals surface area contributed by atoms with Crippen molar-refractivity contribution in [1.82, 2.24) is 4.90 Å². The van der Waals surface area contributed by atoms with E-state index in [2.05, 4.69) is 10.2 Å². The Hall–Kier alpha value is -1.43. The van der Waals surface area contributed by atoms with Crippen LogP contribution in [0.25, 0.3) is 0 Å². The van der Waals surface area contributed by atoms with E-state index in [0.717, 1.165) is 37.4 Å². The summed E-state index contributed by atoms with van der Waals surface area (Å²) in [4.78, 5) is 14.1. The van der Waals surface area contributed by atoms with E-state index in [-0.39, 0.29) is 5.91 Å². The van der Waals surface area contributed by atoms with Gasteiger partial charge in [0.25, 0.3) is 0 Å². The minimum Gasteiger partial charge on any atom is -0.381 e. The highest BCUT2D eigenvalue weighted by molar-refractivity contribution is 5.92. The summed E-state index contributed by atoms with van der Waals surface area (Å²) in [7, 11) is 1.98. The number of anilines is 1. The third-order valence-electron chi connectivity index (χ3n) is 3.71. The summed E-state index contributed by atoms with van der Waals surface area (Å²) in [6, 6.07) is 7.63. The topological polar surface area (TPSA) is 67.6 Å². The van der Waals surface area contributed by atoms with Gasteiger partial charge in [0.05, 0.1) is 13.2 Å². The van der Waals surface area contributed by atoms with Gasteiger partial charge in [0.1, 0.15) is 0 Å². The van der Waals surface area contributed by atoms with Crippen molar-refractivity contribution in [2.24, 2.45) is 11.7 Å². The van der Waals surface area contributed by atoms with Crippen LogP contribution in [0.15, 0.2) is 24.3 Å². The van der Waals surface area contributed by atoms with Gasteiger partial charge in [0, 0.05) is 25.4 Å². The molecule has 3 N–H and O–H groups in total. The number of ether oxygens (including phenoxy) is 1. The first-order valence-electron chi connectivity index (χ1n) is 7.52. The number of amides is 1. The van der Waals surface area contributed by atoms with Gasteiger partial charge in [-0.2, -0.15) is 0 Å². The summed E-state index contributed by atoms with van der Waals surface area (Å²) in [5.41, 5.74) is 7.42. The molecule has 1 aromatic rings. The number of nitrogens with one attached hydrogen (secondary N) is 1. The van der Waals surface area contributed by atoms with Crippen LogP contribution < -0.4 is 11.1 Å². The Morgan fingerprint density at radius 1 is 1.43 bits per heavy atom. The Labute approximate surface area is 126 Å². The molecule has 1 atom stereocenters. The molecule has 0 aromatic heterocycles. The molecule has 0 spiro atoms. The van der Waals surface area contributed by atoms with Gasteiger partial charge in [-0.1, -0.05) is 12.1 Å². The van der Waals surface area contributed by atoms with Crippen molar-refractivity contribution >= 4 is 11.6 Å². The molecule has 1 aliphatic heterocycles. The van der Waals surface area contributed by atoms with Crippen molar-refractivity contribution in [3.8, 4) is 0 Å². The SMILES string of the molecule is CN(CC(=O)Nc1ccc(CN)cc1)CC1CCCOC1. The van der Waals surface area contributed by atoms with Crippen LogP contribution in [-0.2, 0) is 16.1 Å². The maximum atomic E-state index is 12.0. The number of carbonyl (C=O) groups is 1. The second kappa shape index (κ2) is 8.12. The Balaban J connectivity index is 1.74. The lowest BCUT2D eigenvalue weighted by Crippen LogP contribution is -2.36. The second-order valence-electron chi connectivity index (χ2n) is 5.73. The van der Waals surface area contributed by atoms with E-state index < -0.39 is 0 Å². The Kier molecular flexibility index (Phi) is 6.17. The lowest BCUT2D eigenvalue weighted by Gasteiger charge is -2.26. The van der Waals surface area contributed by atoms with Gasteiger partial charge in [0.2, 0.25) is 5.91 Å². The Morgan fingerprint density at radius 2 is 2.19 bits per heavy atom. The predicted octanol–water partition coefficient (Wildman–Crippen LogP) is 1.44. The zero-order valence-electron chi connectivity index (χ0n) is 12.7. The number of nitrogens with two attached hydrogens (primary N) is 1. The molecule has 1 heterocycles. The van der Waals surface area contributed by atoms with Crippen LogP contribution in [0.4, 0.5) is 5.69 Å². The fourth-order valence-electron chi connectivity index (χ4n) is 2.63. The number of likely N-dealkylation sites (N-methyl/N-ethyl adjacent to an activating group) is 1. The van der Waals surface area contributed by atoms with Crippen LogP contribution in [0, 0.1) is 5.92 Å². The molecule has 1 amide bonds. The number of hydrogen-bond donors (Lipinski definition) is 2. The van der Waals surface area contributed by atoms with Crippen LogP contribution in [-0.4, -0.2) is 44.2 Å². The summed E-state index contributed by atoms with van der Waals surface area (Å²) in [5.74, 6) is 0.551. The van der Waals surface area contributed by atoms with Gasteiger partial charge in [-0.05, 0) is 43.5 Å². The summed E-state index contributed by atoms with van der Waals surface area (Å²) in [6.45, 7) is 3.50. The molecule has 0 bridgehead atoms. The smallest absolute Gasteiger partial charge is 0.238 e. The average molecular weight is 291 g/mol. The van der Waals surface area contributed by atoms with Crippen LogP contribution in [0.5, 0.6) is 0 Å². The zero-order chi connectivity index (χ0) is 15.1. The van der Waals surface area contributed by atoms with Crippen molar-refractivity contribution in [3.63, 3.8) is 0 Å². The maximum Gasteiger partial charge on any atom is 0.238 e. The molecule has 2 rings (SSSR count). The molecule has 1 saturated heterocycles. The first kappa shape index (κ1) is 15.9. The molecule has 5 heteroatoms. The summed E-state index contributed by atoms with van der Waals surface area (Å²) in [5, 5.41) is 2.91. The fourth-order valence-corrected chi connectivity index (χ4v) is 2.63. The van der Waals surface area contributed by atoms with Gasteiger partial charge in [0.15, 0.2) is 0 Å². The van der Waals surface area contributed by atoms with Crippen LogP contribution >= 0.6 is 0 Å². The first-order valence-corrected chi connectivity index (χ1v) is 7.52. The van der Waals surface area contributed by atoms with E-state index in [1.165, 1.54) is 6.42 Å². The highest BCUT2D eigenvalue weighted by Crippen LogP contribution is 2.14. The lowest BCUT2D eigenvalue weighted by molar-refractivity contribution is -0.117. The largest absolute Gasteiger partial charge is 0.381 e. The van der Waals surface area contributed by atoms with Gasteiger partial charge < -0.3 is 15.8 Å². The van der Waals surface area contributed by atoms with Crippen molar-refractivity contribution in [3.05, 3.63) is 29.8 Å². The monoisotopic (exact) mass is 291 g/mol. The van der Waals surface area contributed by atoms with Crippen LogP contribution in [0.1, 0.15) is 18.4 Å². The normalized spacial score (nSPS) is 18.7. The summed E-state index contributed by atoms with van der Waals surface area (Å²) < 4.78 is 5.47. The van der Waals surface area contributed by atoms with E-state index in [4.69, 9.17) is 10.5 Å². The number of nitrogens with zero attached hydrogens (tertiary/aromatic N) is 1. The van der Waals surface area contributed by atoms with Crippen molar-refractivity contribution in [2.45, 2.75) is 19.4 Å². The minimum atomic E-state index is 0.00901. The third-order valence-corrected chi connectivity index (χ3v) is 3.71. The molecule has 0 saturated carbocycles. The lowest BCUT2D eigenvalue weighted by atomic mass is 10.0. The van der Waals surface area contributed by atoms with E-state index >= 15 is 0 Å². The highest BCUT2D eigenvalue weighted by Gasteiger charge is 2.17. The number of hydrogen-bond acceptors (Lipinski definition) is 4. The predicted molar refractivity (Wildman–Crippen MR) is 84.0 cm³/mol. The maximum absolute atomic E-state index is 12.0. The molecule has 21 heavy (non-hydrogen) atoms. The molecule has 1 fully saturated rings. The molecule has 0 radical (unpaired) electrons. The molecule has 1 aromatic carbocycles. The van der Waals surface area contributed by atoms with E-state index in [9.17, 15) is 4.79 Å². The highest BCUT2D eigenvalue weighted by atomic mass is 16.5. The van der Waals surface area contributed by atoms with E-state index in [0.29, 0.717) is 19.0 Å². The Morgan fingerprint density at radius 3 is 2.81 bits per heavy atom. The number of benzene rings is 1. The molecule has 1 aliphatic rings. The summed E-state index contributed by atoms with van der Waals surface area (Å²) in [6.07, 6.45) is 2.31. The van der Waals surface area contributed by atoms with Crippen LogP contribution in [0.3, 0.4) is 0 Å². The number of carbonyl (C=O) groups excluding carboxylic acids is 1. The molecular formula is C16H25N3O2. The summed E-state index contributed by atoms with van der Waals surface area (Å²) >= 11 is 0.